The van der Waals surface area contributed by atoms with Crippen LogP contribution in [0.4, 0.5) is 5.69 Å². The zero-order chi connectivity index (χ0) is 24.8. The summed E-state index contributed by atoms with van der Waals surface area (Å²) in [4.78, 5) is 26.9. The molecule has 5 atom stereocenters. The molecule has 9 heteroatoms. The second kappa shape index (κ2) is 7.12. The third-order valence-corrected chi connectivity index (χ3v) is 7.54. The Morgan fingerprint density at radius 2 is 1.60 bits per heavy atom. The Bertz CT molecular complexity index is 1450. The fraction of sp³-hybridized carbons (Fsp3) is 0.231. The van der Waals surface area contributed by atoms with Crippen LogP contribution in [0.3, 0.4) is 0 Å². The molecular weight excluding hydrogens is 454 g/mol. The number of anilines is 1. The molecule has 3 aliphatic rings. The van der Waals surface area contributed by atoms with E-state index in [9.17, 15) is 40.2 Å². The van der Waals surface area contributed by atoms with Crippen LogP contribution in [-0.4, -0.2) is 60.5 Å². The lowest BCUT2D eigenvalue weighted by Gasteiger charge is -2.55. The van der Waals surface area contributed by atoms with Gasteiger partial charge < -0.3 is 36.0 Å². The topological polar surface area (TPSA) is 168 Å². The highest BCUT2D eigenvalue weighted by molar-refractivity contribution is 6.32. The molecule has 0 radical (unpaired) electrons. The minimum absolute atomic E-state index is 0.0497. The van der Waals surface area contributed by atoms with Crippen molar-refractivity contribution in [2.24, 2.45) is 0 Å². The maximum atomic E-state index is 13.6. The number of phenolic OH excluding ortho intramolecular Hbond substituents is 2. The highest BCUT2D eigenvalue weighted by Gasteiger charge is 2.61. The van der Waals surface area contributed by atoms with Gasteiger partial charge in [-0.15, -0.1) is 0 Å². The van der Waals surface area contributed by atoms with Crippen LogP contribution in [0, 0.1) is 0 Å². The van der Waals surface area contributed by atoms with Gasteiger partial charge in [0.15, 0.2) is 11.6 Å². The van der Waals surface area contributed by atoms with Gasteiger partial charge in [-0.1, -0.05) is 36.4 Å². The molecule has 0 aromatic heterocycles. The number of nitrogens with one attached hydrogen (secondary N) is 1. The molecule has 178 valence electrons. The lowest BCUT2D eigenvalue weighted by atomic mass is 9.60. The number of aliphatic hydroxyl groups excluding tert-OH is 3. The zero-order valence-corrected chi connectivity index (χ0v) is 18.1. The molecule has 6 rings (SSSR count). The van der Waals surface area contributed by atoms with Crippen LogP contribution in [0.25, 0.3) is 0 Å². The summed E-state index contributed by atoms with van der Waals surface area (Å²) >= 11 is 0. The number of carbonyl (C=O) groups excluding carboxylic acids is 2. The summed E-state index contributed by atoms with van der Waals surface area (Å²) in [6.45, 7) is -0.814. The van der Waals surface area contributed by atoms with Crippen molar-refractivity contribution < 1.29 is 40.2 Å². The van der Waals surface area contributed by atoms with Gasteiger partial charge in [0, 0.05) is 5.56 Å². The molecule has 3 aromatic rings. The Morgan fingerprint density at radius 3 is 2.31 bits per heavy atom. The predicted molar refractivity (Wildman–Crippen MR) is 122 cm³/mol. The minimum Gasteiger partial charge on any atom is -0.507 e. The van der Waals surface area contributed by atoms with E-state index < -0.39 is 59.4 Å². The van der Waals surface area contributed by atoms with Crippen LogP contribution >= 0.6 is 0 Å². The number of rotatable bonds is 2. The van der Waals surface area contributed by atoms with Crippen LogP contribution in [0.2, 0.25) is 0 Å². The van der Waals surface area contributed by atoms with Gasteiger partial charge in [0.05, 0.1) is 47.0 Å². The number of ketones is 2. The number of fused-ring (bicyclic) bond motifs is 9. The van der Waals surface area contributed by atoms with Gasteiger partial charge in [-0.25, -0.2) is 0 Å². The fourth-order valence-corrected chi connectivity index (χ4v) is 5.98. The van der Waals surface area contributed by atoms with Gasteiger partial charge in [-0.05, 0) is 28.8 Å². The summed E-state index contributed by atoms with van der Waals surface area (Å²) in [6, 6.07) is 10.9. The Morgan fingerprint density at radius 1 is 0.886 bits per heavy atom. The van der Waals surface area contributed by atoms with Crippen LogP contribution in [0.5, 0.6) is 11.5 Å². The molecule has 0 amide bonds. The molecule has 0 unspecified atom stereocenters. The summed E-state index contributed by atoms with van der Waals surface area (Å²) in [5.41, 5.74) is -1.73. The quantitative estimate of drug-likeness (QED) is 0.211. The smallest absolute Gasteiger partial charge is 0.200 e. The molecule has 2 aliphatic carbocycles. The van der Waals surface area contributed by atoms with Crippen molar-refractivity contribution in [3.8, 4) is 11.5 Å². The van der Waals surface area contributed by atoms with Crippen molar-refractivity contribution in [2.45, 2.75) is 29.8 Å². The van der Waals surface area contributed by atoms with Gasteiger partial charge in [0.1, 0.15) is 23.2 Å². The SMILES string of the molecule is O=C1c2cccc(O)c2C(=O)c2c3c(cc(O)c21)[C@@H]1[C@H](O)c2ccccc2[C@H](N3)[C@@]1(O)[C@H](O)CO. The zero-order valence-electron chi connectivity index (χ0n) is 18.1. The van der Waals surface area contributed by atoms with E-state index in [0.29, 0.717) is 11.1 Å². The lowest BCUT2D eigenvalue weighted by molar-refractivity contribution is -0.151. The van der Waals surface area contributed by atoms with E-state index in [1.807, 2.05) is 0 Å². The number of benzene rings is 3. The van der Waals surface area contributed by atoms with Crippen LogP contribution in [0.15, 0.2) is 48.5 Å². The maximum Gasteiger partial charge on any atom is 0.200 e. The first-order valence-electron chi connectivity index (χ1n) is 11.1. The molecule has 2 bridgehead atoms. The van der Waals surface area contributed by atoms with E-state index in [0.717, 1.165) is 0 Å². The van der Waals surface area contributed by atoms with E-state index in [1.165, 1.54) is 24.3 Å². The largest absolute Gasteiger partial charge is 0.507 e. The molecule has 0 saturated carbocycles. The first-order valence-corrected chi connectivity index (χ1v) is 11.1. The second-order valence-electron chi connectivity index (χ2n) is 9.18. The molecule has 9 nitrogen and oxygen atoms in total. The second-order valence-corrected chi connectivity index (χ2v) is 9.18. The molecule has 7 N–H and O–H groups in total. The van der Waals surface area contributed by atoms with Gasteiger partial charge in [-0.2, -0.15) is 0 Å². The summed E-state index contributed by atoms with van der Waals surface area (Å²) in [6.07, 6.45) is -3.07. The average Bonchev–Trinajstić information content (AvgIpc) is 2.84. The Labute approximate surface area is 198 Å². The van der Waals surface area contributed by atoms with Gasteiger partial charge in [0.2, 0.25) is 0 Å². The highest BCUT2D eigenvalue weighted by Crippen LogP contribution is 2.60. The van der Waals surface area contributed by atoms with Crippen molar-refractivity contribution in [3.63, 3.8) is 0 Å². The predicted octanol–water partition coefficient (Wildman–Crippen LogP) is 1.25. The molecular formula is C26H21NO8. The Kier molecular flexibility index (Phi) is 4.43. The van der Waals surface area contributed by atoms with Crippen molar-refractivity contribution in [1.82, 2.24) is 0 Å². The number of hydrogen-bond acceptors (Lipinski definition) is 9. The van der Waals surface area contributed by atoms with Gasteiger partial charge in [0.25, 0.3) is 0 Å². The van der Waals surface area contributed by atoms with Gasteiger partial charge >= 0.3 is 0 Å². The van der Waals surface area contributed by atoms with Crippen LogP contribution in [0.1, 0.15) is 66.6 Å². The van der Waals surface area contributed by atoms with Crippen molar-refractivity contribution >= 4 is 17.3 Å². The molecule has 1 heterocycles. The summed E-state index contributed by atoms with van der Waals surface area (Å²) in [5.74, 6) is -3.57. The summed E-state index contributed by atoms with van der Waals surface area (Å²) in [7, 11) is 0. The molecule has 1 aliphatic heterocycles. The molecule has 3 aromatic carbocycles. The standard InChI is InChI=1S/C26H21NO8/c28-9-16(31)26(35)20-13-8-15(30)18-19(24(34)17-12(22(18)32)6-3-7-14(17)29)21(13)27-25(26)11-5-2-1-4-10(11)23(20)33/h1-8,16,20,23,25,27-31,33,35H,9H2/t16-,20-,23-,25+,26-/m1/s1. The summed E-state index contributed by atoms with van der Waals surface area (Å²) in [5, 5.41) is 68.0. The highest BCUT2D eigenvalue weighted by atomic mass is 16.4. The number of carbonyl (C=O) groups is 2. The first kappa shape index (κ1) is 21.8. The average molecular weight is 475 g/mol. The Hall–Kier alpha value is -3.76. The lowest BCUT2D eigenvalue weighted by Crippen LogP contribution is -2.61. The van der Waals surface area contributed by atoms with E-state index in [4.69, 9.17) is 0 Å². The molecule has 35 heavy (non-hydrogen) atoms. The van der Waals surface area contributed by atoms with E-state index in [2.05, 4.69) is 5.32 Å². The number of hydrogen-bond donors (Lipinski definition) is 7. The normalized spacial score (nSPS) is 26.7. The molecule has 0 spiro atoms. The van der Waals surface area contributed by atoms with Crippen molar-refractivity contribution in [1.29, 1.82) is 0 Å². The molecule has 0 fully saturated rings. The molecule has 0 saturated heterocycles. The number of aliphatic hydroxyl groups is 4. The van der Waals surface area contributed by atoms with Gasteiger partial charge in [-0.3, -0.25) is 9.59 Å². The monoisotopic (exact) mass is 475 g/mol. The third kappa shape index (κ3) is 2.55. The maximum absolute atomic E-state index is 13.6. The van der Waals surface area contributed by atoms with Crippen molar-refractivity contribution in [3.05, 3.63) is 87.5 Å². The third-order valence-electron chi connectivity index (χ3n) is 7.54. The number of aromatic hydroxyl groups is 2. The first-order chi connectivity index (χ1) is 16.7. The Balaban J connectivity index is 1.67. The van der Waals surface area contributed by atoms with E-state index in [-0.39, 0.29) is 33.5 Å². The van der Waals surface area contributed by atoms with Crippen LogP contribution in [-0.2, 0) is 0 Å². The minimum atomic E-state index is -2.13. The van der Waals surface area contributed by atoms with E-state index in [1.54, 1.807) is 24.3 Å². The van der Waals surface area contributed by atoms with E-state index >= 15 is 0 Å². The van der Waals surface area contributed by atoms with Crippen LogP contribution < -0.4 is 5.32 Å². The fourth-order valence-electron chi connectivity index (χ4n) is 5.98. The van der Waals surface area contributed by atoms with Crippen molar-refractivity contribution in [2.75, 3.05) is 11.9 Å². The number of phenols is 2. The summed E-state index contributed by atoms with van der Waals surface area (Å²) < 4.78 is 0.